The topological polar surface area (TPSA) is 119 Å². The van der Waals surface area contributed by atoms with Crippen LogP contribution in [0.4, 0.5) is 0 Å². The summed E-state index contributed by atoms with van der Waals surface area (Å²) in [5.41, 5.74) is 6.13. The molecule has 0 atom stereocenters. The maximum atomic E-state index is 11.7. The van der Waals surface area contributed by atoms with E-state index in [4.69, 9.17) is 10.5 Å². The first-order valence-corrected chi connectivity index (χ1v) is 8.50. The Balaban J connectivity index is 1.94. The summed E-state index contributed by atoms with van der Waals surface area (Å²) in [4.78, 5) is 24.4. The zero-order valence-electron chi connectivity index (χ0n) is 12.1. The molecule has 23 heavy (non-hydrogen) atoms. The fourth-order valence-corrected chi connectivity index (χ4v) is 3.26. The Bertz CT molecular complexity index is 778. The van der Waals surface area contributed by atoms with Crippen molar-refractivity contribution in [2.75, 3.05) is 20.2 Å². The number of hydrogen-bond acceptors (Lipinski definition) is 7. The van der Waals surface area contributed by atoms with Crippen molar-refractivity contribution < 1.29 is 37.8 Å². The van der Waals surface area contributed by atoms with Crippen LogP contribution in [0.3, 0.4) is 0 Å². The number of esters is 1. The number of ether oxygens (including phenoxy) is 1. The predicted molar refractivity (Wildman–Crippen MR) is 77.6 cm³/mol. The molecule has 1 amide bonds. The molecule has 3 N–H and O–H groups in total. The zero-order chi connectivity index (χ0) is 17.2. The molecule has 0 saturated carbocycles. The number of sulfonamides is 1. The number of nitrogens with zero attached hydrogens (tertiary/aromatic N) is 1. The summed E-state index contributed by atoms with van der Waals surface area (Å²) in [6, 6.07) is 4.46. The molecule has 1 aliphatic rings. The third-order valence-electron chi connectivity index (χ3n) is 3.17. The molecule has 0 radical (unpaired) electrons. The Morgan fingerprint density at radius 3 is 2.78 bits per heavy atom. The van der Waals surface area contributed by atoms with Crippen LogP contribution in [0, 0.1) is 0 Å². The number of amides is 1. The molecule has 10 heteroatoms. The second kappa shape index (κ2) is 6.88. The number of rotatable bonds is 6. The molecule has 0 unspecified atom stereocenters. The molecule has 1 aromatic carbocycles. The minimum atomic E-state index is -3.79. The second-order valence-corrected chi connectivity index (χ2v) is 7.04. The van der Waals surface area contributed by atoms with E-state index in [9.17, 15) is 18.0 Å². The van der Waals surface area contributed by atoms with E-state index in [0.29, 0.717) is 12.0 Å². The normalized spacial score (nSPS) is 15.3. The van der Waals surface area contributed by atoms with Crippen LogP contribution in [0.5, 0.6) is 0 Å². The Morgan fingerprint density at radius 1 is 1.43 bits per heavy atom. The molecule has 1 heterocycles. The van der Waals surface area contributed by atoms with Gasteiger partial charge < -0.3 is 0 Å². The summed E-state index contributed by atoms with van der Waals surface area (Å²) in [7, 11) is -2.21. The number of fused-ring (bicyclic) bond motifs is 1. The predicted octanol–water partition coefficient (Wildman–Crippen LogP) is -1.27. The van der Waals surface area contributed by atoms with Gasteiger partial charge in [-0.3, -0.25) is 4.79 Å². The fourth-order valence-electron chi connectivity index (χ4n) is 1.96. The Morgan fingerprint density at radius 2 is 2.13 bits per heavy atom. The van der Waals surface area contributed by atoms with Crippen molar-refractivity contribution in [1.29, 1.82) is 0 Å². The SMILES string of the molecule is CN(CC(=O)OCCc1ccc2c(c1)S(=O)(=O)NC2=O)[C](N)=[Ni]. The van der Waals surface area contributed by atoms with Crippen molar-refractivity contribution in [3.63, 3.8) is 0 Å². The van der Waals surface area contributed by atoms with E-state index in [1.54, 1.807) is 13.1 Å². The van der Waals surface area contributed by atoms with Gasteiger partial charge in [0, 0.05) is 0 Å². The number of nitrogens with two attached hydrogens (primary N) is 1. The van der Waals surface area contributed by atoms with Crippen LogP contribution in [-0.2, 0) is 41.0 Å². The molecular weight excluding hydrogens is 369 g/mol. The number of carbonyl (C=O) groups excluding carboxylic acids is 2. The number of nitrogens with one attached hydrogen (secondary N) is 1. The maximum absolute atomic E-state index is 11.7. The van der Waals surface area contributed by atoms with Gasteiger partial charge in [0.05, 0.1) is 0 Å². The van der Waals surface area contributed by atoms with Gasteiger partial charge in [-0.25, -0.2) is 0 Å². The number of benzene rings is 1. The van der Waals surface area contributed by atoms with Crippen LogP contribution in [-0.4, -0.2) is 50.1 Å². The second-order valence-electron chi connectivity index (χ2n) is 4.88. The van der Waals surface area contributed by atoms with Crippen molar-refractivity contribution in [3.05, 3.63) is 29.3 Å². The molecule has 2 rings (SSSR count). The average Bonchev–Trinajstić information content (AvgIpc) is 2.68. The summed E-state index contributed by atoms with van der Waals surface area (Å²) >= 11 is 4.40. The van der Waals surface area contributed by atoms with Gasteiger partial charge in [-0.15, -0.1) is 0 Å². The van der Waals surface area contributed by atoms with Gasteiger partial charge in [0.1, 0.15) is 0 Å². The van der Waals surface area contributed by atoms with Gasteiger partial charge in [0.15, 0.2) is 0 Å². The van der Waals surface area contributed by atoms with E-state index in [1.807, 2.05) is 4.72 Å². The molecule has 128 valence electrons. The van der Waals surface area contributed by atoms with Crippen LogP contribution in [0.25, 0.3) is 0 Å². The van der Waals surface area contributed by atoms with Gasteiger partial charge in [-0.1, -0.05) is 0 Å². The van der Waals surface area contributed by atoms with Gasteiger partial charge in [-0.05, 0) is 0 Å². The standard InChI is InChI=1S/C13H15N3O5S.Ni/c1-16(8-14)7-12(17)21-5-4-9-2-3-10-11(6-9)22(19,20)15-13(10)18;/h2-3,6H,4-5,7,14H2,1H3,(H,15,18);. The molecule has 0 aliphatic carbocycles. The quantitative estimate of drug-likeness (QED) is 0.464. The Kier molecular flexibility index (Phi) is 5.31. The van der Waals surface area contributed by atoms with Crippen LogP contribution in [0.2, 0.25) is 0 Å². The number of carbonyl (C=O) groups is 2. The van der Waals surface area contributed by atoms with Gasteiger partial charge in [0.2, 0.25) is 0 Å². The van der Waals surface area contributed by atoms with E-state index < -0.39 is 21.9 Å². The van der Waals surface area contributed by atoms with Crippen LogP contribution >= 0.6 is 0 Å². The van der Waals surface area contributed by atoms with Gasteiger partial charge >= 0.3 is 136 Å². The average molecular weight is 384 g/mol. The molecule has 1 aromatic rings. The van der Waals surface area contributed by atoms with E-state index in [2.05, 4.69) is 15.0 Å². The summed E-state index contributed by atoms with van der Waals surface area (Å²) in [6.07, 6.45) is 0.322. The van der Waals surface area contributed by atoms with Crippen molar-refractivity contribution in [3.8, 4) is 0 Å². The van der Waals surface area contributed by atoms with E-state index in [-0.39, 0.29) is 28.3 Å². The molecule has 0 fully saturated rings. The van der Waals surface area contributed by atoms with Crippen molar-refractivity contribution in [2.24, 2.45) is 5.73 Å². The van der Waals surface area contributed by atoms with E-state index in [1.165, 1.54) is 17.0 Å². The first-order chi connectivity index (χ1) is 10.7. The van der Waals surface area contributed by atoms with E-state index >= 15 is 0 Å². The van der Waals surface area contributed by atoms with Crippen LogP contribution in [0.15, 0.2) is 23.1 Å². The van der Waals surface area contributed by atoms with Crippen molar-refractivity contribution in [1.82, 2.24) is 9.62 Å². The summed E-state index contributed by atoms with van der Waals surface area (Å²) in [6.45, 7) is 0.0243. The molecule has 1 aliphatic heterocycles. The zero-order valence-corrected chi connectivity index (χ0v) is 13.9. The number of hydrogen-bond donors (Lipinski definition) is 2. The molecule has 0 spiro atoms. The fraction of sp³-hybridized carbons (Fsp3) is 0.308. The van der Waals surface area contributed by atoms with Crippen molar-refractivity contribution in [2.45, 2.75) is 11.3 Å². The summed E-state index contributed by atoms with van der Waals surface area (Å²) in [5, 5.41) is 0. The molecule has 0 aromatic heterocycles. The molecule has 0 saturated heterocycles. The Labute approximate surface area is 140 Å². The van der Waals surface area contributed by atoms with Gasteiger partial charge in [0.25, 0.3) is 0 Å². The molecule has 0 bridgehead atoms. The minimum absolute atomic E-state index is 0.0528. The first-order valence-electron chi connectivity index (χ1n) is 6.52. The Hall–Kier alpha value is -1.61. The summed E-state index contributed by atoms with van der Waals surface area (Å²) in [5.74, 6) is -1.13. The van der Waals surface area contributed by atoms with Crippen molar-refractivity contribution >= 4 is 26.6 Å². The first kappa shape index (κ1) is 17.7. The number of likely N-dealkylation sites (N-methyl/N-ethyl adjacent to an activating group) is 1. The van der Waals surface area contributed by atoms with E-state index in [0.717, 1.165) is 0 Å². The third kappa shape index (κ3) is 4.23. The van der Waals surface area contributed by atoms with Crippen LogP contribution in [0.1, 0.15) is 15.9 Å². The third-order valence-corrected chi connectivity index (χ3v) is 4.92. The van der Waals surface area contributed by atoms with Gasteiger partial charge in [-0.2, -0.15) is 0 Å². The summed E-state index contributed by atoms with van der Waals surface area (Å²) < 4.78 is 30.5. The molecule has 8 nitrogen and oxygen atoms in total. The molecular formula is C13H15N3NiO5S. The monoisotopic (exact) mass is 383 g/mol. The van der Waals surface area contributed by atoms with Crippen LogP contribution < -0.4 is 10.5 Å².